The molecule has 1 aliphatic carbocycles. The molecule has 2 fully saturated rings. The van der Waals surface area contributed by atoms with Gasteiger partial charge in [-0.1, -0.05) is 26.2 Å². The van der Waals surface area contributed by atoms with E-state index in [1.165, 1.54) is 51.6 Å². The maximum Gasteiger partial charge on any atom is 0.0196 e. The van der Waals surface area contributed by atoms with Gasteiger partial charge in [0.2, 0.25) is 0 Å². The zero-order valence-corrected chi connectivity index (χ0v) is 11.9. The molecule has 2 rings (SSSR count). The number of hydrogen-bond donors (Lipinski definition) is 1. The SMILES string of the molecule is CCC(C1CCCCC1)N1CC(C)NCC1C. The minimum Gasteiger partial charge on any atom is -0.311 e. The molecule has 1 heterocycles. The standard InChI is InChI=1S/C15H30N2/c1-4-15(14-8-6-5-7-9-14)17-11-12(2)16-10-13(17)3/h12-16H,4-11H2,1-3H3. The van der Waals surface area contributed by atoms with E-state index in [0.29, 0.717) is 6.04 Å². The molecule has 0 aromatic rings. The molecule has 1 N–H and O–H groups in total. The average Bonchev–Trinajstić information content (AvgIpc) is 2.36. The minimum absolute atomic E-state index is 0.670. The van der Waals surface area contributed by atoms with Crippen LogP contribution in [0.15, 0.2) is 0 Å². The predicted molar refractivity (Wildman–Crippen MR) is 74.3 cm³/mol. The first-order valence-electron chi connectivity index (χ1n) is 7.71. The van der Waals surface area contributed by atoms with Gasteiger partial charge in [0.25, 0.3) is 0 Å². The van der Waals surface area contributed by atoms with Crippen molar-refractivity contribution in [3.63, 3.8) is 0 Å². The van der Waals surface area contributed by atoms with E-state index in [0.717, 1.165) is 18.0 Å². The largest absolute Gasteiger partial charge is 0.311 e. The molecule has 2 aliphatic rings. The second-order valence-corrected chi connectivity index (χ2v) is 6.23. The van der Waals surface area contributed by atoms with Gasteiger partial charge in [-0.25, -0.2) is 0 Å². The lowest BCUT2D eigenvalue weighted by Gasteiger charge is -2.46. The number of nitrogens with one attached hydrogen (secondary N) is 1. The number of rotatable bonds is 3. The fraction of sp³-hybridized carbons (Fsp3) is 1.00. The second-order valence-electron chi connectivity index (χ2n) is 6.23. The van der Waals surface area contributed by atoms with Crippen LogP contribution in [0.1, 0.15) is 59.3 Å². The summed E-state index contributed by atoms with van der Waals surface area (Å²) in [4.78, 5) is 2.80. The van der Waals surface area contributed by atoms with E-state index in [-0.39, 0.29) is 0 Å². The lowest BCUT2D eigenvalue weighted by molar-refractivity contribution is 0.0474. The monoisotopic (exact) mass is 238 g/mol. The van der Waals surface area contributed by atoms with Gasteiger partial charge in [-0.05, 0) is 39.0 Å². The molecule has 3 unspecified atom stereocenters. The molecule has 17 heavy (non-hydrogen) atoms. The Morgan fingerprint density at radius 2 is 1.88 bits per heavy atom. The Hall–Kier alpha value is -0.0800. The third-order valence-electron chi connectivity index (χ3n) is 4.85. The minimum atomic E-state index is 0.670. The molecule has 0 aromatic carbocycles. The maximum atomic E-state index is 3.60. The van der Waals surface area contributed by atoms with Gasteiger partial charge in [0, 0.05) is 31.2 Å². The van der Waals surface area contributed by atoms with Crippen molar-refractivity contribution in [2.24, 2.45) is 5.92 Å². The molecule has 0 bridgehead atoms. The van der Waals surface area contributed by atoms with Crippen LogP contribution in [0.4, 0.5) is 0 Å². The Morgan fingerprint density at radius 3 is 2.53 bits per heavy atom. The summed E-state index contributed by atoms with van der Waals surface area (Å²) in [7, 11) is 0. The highest BCUT2D eigenvalue weighted by atomic mass is 15.3. The van der Waals surface area contributed by atoms with E-state index in [1.807, 2.05) is 0 Å². The molecule has 3 atom stereocenters. The van der Waals surface area contributed by atoms with Crippen molar-refractivity contribution < 1.29 is 0 Å². The molecule has 2 heteroatoms. The van der Waals surface area contributed by atoms with Crippen LogP contribution in [0.25, 0.3) is 0 Å². The van der Waals surface area contributed by atoms with Gasteiger partial charge < -0.3 is 5.32 Å². The van der Waals surface area contributed by atoms with E-state index in [9.17, 15) is 0 Å². The van der Waals surface area contributed by atoms with Gasteiger partial charge in [-0.3, -0.25) is 4.90 Å². The number of hydrogen-bond acceptors (Lipinski definition) is 2. The molecule has 0 amide bonds. The van der Waals surface area contributed by atoms with Gasteiger partial charge >= 0.3 is 0 Å². The van der Waals surface area contributed by atoms with E-state index in [4.69, 9.17) is 0 Å². The van der Waals surface area contributed by atoms with Crippen LogP contribution in [-0.4, -0.2) is 36.1 Å². The third kappa shape index (κ3) is 3.23. The van der Waals surface area contributed by atoms with E-state index in [1.54, 1.807) is 0 Å². The lowest BCUT2D eigenvalue weighted by Crippen LogP contribution is -2.59. The number of nitrogens with zero attached hydrogens (tertiary/aromatic N) is 1. The summed E-state index contributed by atoms with van der Waals surface area (Å²) in [6.45, 7) is 9.52. The zero-order chi connectivity index (χ0) is 12.3. The molecule has 100 valence electrons. The molecule has 0 aromatic heterocycles. The molecular weight excluding hydrogens is 208 g/mol. The topological polar surface area (TPSA) is 15.3 Å². The average molecular weight is 238 g/mol. The molecule has 1 aliphatic heterocycles. The molecular formula is C15H30N2. The van der Waals surface area contributed by atoms with E-state index < -0.39 is 0 Å². The Kier molecular flexibility index (Phi) is 4.87. The fourth-order valence-corrected chi connectivity index (χ4v) is 3.87. The van der Waals surface area contributed by atoms with Gasteiger partial charge in [-0.2, -0.15) is 0 Å². The van der Waals surface area contributed by atoms with Crippen LogP contribution >= 0.6 is 0 Å². The second kappa shape index (κ2) is 6.19. The molecule has 1 saturated carbocycles. The normalized spacial score (nSPS) is 34.8. The van der Waals surface area contributed by atoms with Crippen molar-refractivity contribution in [3.8, 4) is 0 Å². The molecule has 1 saturated heterocycles. The first kappa shape index (κ1) is 13.4. The first-order chi connectivity index (χ1) is 8.22. The third-order valence-corrected chi connectivity index (χ3v) is 4.85. The Labute approximate surface area is 107 Å². The van der Waals surface area contributed by atoms with Crippen molar-refractivity contribution in [3.05, 3.63) is 0 Å². The van der Waals surface area contributed by atoms with Crippen molar-refractivity contribution in [1.29, 1.82) is 0 Å². The quantitative estimate of drug-likeness (QED) is 0.813. The van der Waals surface area contributed by atoms with Crippen molar-refractivity contribution in [1.82, 2.24) is 10.2 Å². The van der Waals surface area contributed by atoms with Crippen LogP contribution in [0.5, 0.6) is 0 Å². The summed E-state index contributed by atoms with van der Waals surface area (Å²) in [6.07, 6.45) is 8.70. The summed E-state index contributed by atoms with van der Waals surface area (Å²) in [5.41, 5.74) is 0. The smallest absolute Gasteiger partial charge is 0.0196 e. The van der Waals surface area contributed by atoms with Gasteiger partial charge in [0.15, 0.2) is 0 Å². The lowest BCUT2D eigenvalue weighted by atomic mass is 9.81. The van der Waals surface area contributed by atoms with Gasteiger partial charge in [0.1, 0.15) is 0 Å². The predicted octanol–water partition coefficient (Wildman–Crippen LogP) is 3.03. The van der Waals surface area contributed by atoms with Crippen LogP contribution in [-0.2, 0) is 0 Å². The van der Waals surface area contributed by atoms with Crippen LogP contribution in [0, 0.1) is 5.92 Å². The van der Waals surface area contributed by atoms with Gasteiger partial charge in [0.05, 0.1) is 0 Å². The maximum absolute atomic E-state index is 3.60. The number of piperazine rings is 1. The fourth-order valence-electron chi connectivity index (χ4n) is 3.87. The molecule has 2 nitrogen and oxygen atoms in total. The molecule has 0 spiro atoms. The van der Waals surface area contributed by atoms with E-state index >= 15 is 0 Å². The van der Waals surface area contributed by atoms with Gasteiger partial charge in [-0.15, -0.1) is 0 Å². The first-order valence-corrected chi connectivity index (χ1v) is 7.71. The summed E-state index contributed by atoms with van der Waals surface area (Å²) < 4.78 is 0. The summed E-state index contributed by atoms with van der Waals surface area (Å²) in [5, 5.41) is 3.60. The summed E-state index contributed by atoms with van der Waals surface area (Å²) in [6, 6.07) is 2.23. The Morgan fingerprint density at radius 1 is 1.18 bits per heavy atom. The summed E-state index contributed by atoms with van der Waals surface area (Å²) >= 11 is 0. The Bertz CT molecular complexity index is 223. The zero-order valence-electron chi connectivity index (χ0n) is 11.9. The van der Waals surface area contributed by atoms with Crippen LogP contribution < -0.4 is 5.32 Å². The van der Waals surface area contributed by atoms with Crippen LogP contribution in [0.3, 0.4) is 0 Å². The Balaban J connectivity index is 1.99. The van der Waals surface area contributed by atoms with E-state index in [2.05, 4.69) is 31.0 Å². The van der Waals surface area contributed by atoms with Crippen molar-refractivity contribution >= 4 is 0 Å². The van der Waals surface area contributed by atoms with Crippen LogP contribution in [0.2, 0.25) is 0 Å². The van der Waals surface area contributed by atoms with Crippen molar-refractivity contribution in [2.75, 3.05) is 13.1 Å². The summed E-state index contributed by atoms with van der Waals surface area (Å²) in [5.74, 6) is 0.974. The highest BCUT2D eigenvalue weighted by Gasteiger charge is 2.32. The highest BCUT2D eigenvalue weighted by Crippen LogP contribution is 2.32. The van der Waals surface area contributed by atoms with Crippen molar-refractivity contribution in [2.45, 2.75) is 77.4 Å². The highest BCUT2D eigenvalue weighted by molar-refractivity contribution is 4.89. The molecule has 0 radical (unpaired) electrons.